The number of nitrogens with zero attached hydrogens (tertiary/aromatic N) is 1. The van der Waals surface area contributed by atoms with E-state index in [0.717, 1.165) is 11.1 Å². The van der Waals surface area contributed by atoms with Gasteiger partial charge in [0.25, 0.3) is 11.8 Å². The molecule has 0 bridgehead atoms. The van der Waals surface area contributed by atoms with Crippen molar-refractivity contribution in [2.75, 3.05) is 17.2 Å². The molecule has 0 fully saturated rings. The van der Waals surface area contributed by atoms with Crippen LogP contribution < -0.4 is 15.4 Å². The maximum atomic E-state index is 12.5. The molecule has 0 radical (unpaired) electrons. The number of hydrogen-bond donors (Lipinski definition) is 2. The lowest BCUT2D eigenvalue weighted by Crippen LogP contribution is -2.21. The van der Waals surface area contributed by atoms with Crippen molar-refractivity contribution in [2.45, 2.75) is 13.8 Å². The first-order valence-corrected chi connectivity index (χ1v) is 10.5. The van der Waals surface area contributed by atoms with E-state index < -0.39 is 5.91 Å². The van der Waals surface area contributed by atoms with E-state index in [1.807, 2.05) is 44.2 Å². The van der Waals surface area contributed by atoms with Crippen molar-refractivity contribution in [3.63, 3.8) is 0 Å². The lowest BCUT2D eigenvalue weighted by Gasteiger charge is -2.13. The average Bonchev–Trinajstić information content (AvgIpc) is 2.80. The molecule has 3 rings (SSSR count). The molecule has 2 N–H and O–H groups in total. The van der Waals surface area contributed by atoms with Gasteiger partial charge in [-0.2, -0.15) is 5.26 Å². The standard InChI is InChI=1S/C26H22ClN3O3/c1-17-7-6-10-23(18(17)2)30-25(31)16-33-24-12-11-21(27)14-19(24)13-20(15-28)26(32)29-22-8-4-3-5-9-22/h3-14H,16H2,1-2H3,(H,29,32)(H,30,31)/b20-13+. The number of benzene rings is 3. The second-order valence-electron chi connectivity index (χ2n) is 7.26. The molecule has 3 aromatic carbocycles. The zero-order valence-electron chi connectivity index (χ0n) is 18.2. The van der Waals surface area contributed by atoms with Gasteiger partial charge in [0.1, 0.15) is 17.4 Å². The normalized spacial score (nSPS) is 10.8. The van der Waals surface area contributed by atoms with Crippen molar-refractivity contribution in [1.82, 2.24) is 0 Å². The van der Waals surface area contributed by atoms with E-state index in [2.05, 4.69) is 10.6 Å². The first-order chi connectivity index (χ1) is 15.9. The molecule has 0 aliphatic carbocycles. The fourth-order valence-corrected chi connectivity index (χ4v) is 3.18. The zero-order valence-corrected chi connectivity index (χ0v) is 18.9. The number of anilines is 2. The summed E-state index contributed by atoms with van der Waals surface area (Å²) in [4.78, 5) is 25.0. The number of nitriles is 1. The van der Waals surface area contributed by atoms with Gasteiger partial charge in [-0.15, -0.1) is 0 Å². The van der Waals surface area contributed by atoms with Crippen LogP contribution in [0.2, 0.25) is 5.02 Å². The fraction of sp³-hybridized carbons (Fsp3) is 0.115. The monoisotopic (exact) mass is 459 g/mol. The Labute approximate surface area is 197 Å². The van der Waals surface area contributed by atoms with Gasteiger partial charge in [0.2, 0.25) is 0 Å². The molecule has 0 saturated heterocycles. The quantitative estimate of drug-likeness (QED) is 0.359. The van der Waals surface area contributed by atoms with E-state index in [-0.39, 0.29) is 18.1 Å². The molecule has 166 valence electrons. The van der Waals surface area contributed by atoms with Gasteiger partial charge in [0, 0.05) is 22.0 Å². The second-order valence-corrected chi connectivity index (χ2v) is 7.69. The summed E-state index contributed by atoms with van der Waals surface area (Å²) in [6.45, 7) is 3.64. The van der Waals surface area contributed by atoms with Crippen molar-refractivity contribution in [3.05, 3.63) is 94.0 Å². The summed E-state index contributed by atoms with van der Waals surface area (Å²) >= 11 is 6.11. The first kappa shape index (κ1) is 23.6. The molecule has 6 nitrogen and oxygen atoms in total. The predicted octanol–water partition coefficient (Wildman–Crippen LogP) is 5.52. The molecular formula is C26H22ClN3O3. The molecule has 0 saturated carbocycles. The number of carbonyl (C=O) groups excluding carboxylic acids is 2. The molecule has 0 heterocycles. The Morgan fingerprint density at radius 2 is 1.79 bits per heavy atom. The lowest BCUT2D eigenvalue weighted by atomic mass is 10.1. The van der Waals surface area contributed by atoms with Crippen molar-refractivity contribution in [3.8, 4) is 11.8 Å². The molecule has 0 aliphatic heterocycles. The molecule has 2 amide bonds. The Morgan fingerprint density at radius 3 is 2.52 bits per heavy atom. The van der Waals surface area contributed by atoms with E-state index in [9.17, 15) is 14.9 Å². The first-order valence-electron chi connectivity index (χ1n) is 10.1. The largest absolute Gasteiger partial charge is 0.483 e. The summed E-state index contributed by atoms with van der Waals surface area (Å²) in [7, 11) is 0. The molecule has 0 atom stereocenters. The third kappa shape index (κ3) is 6.45. The smallest absolute Gasteiger partial charge is 0.266 e. The van der Waals surface area contributed by atoms with Gasteiger partial charge in [-0.1, -0.05) is 41.9 Å². The topological polar surface area (TPSA) is 91.2 Å². The van der Waals surface area contributed by atoms with Crippen LogP contribution in [-0.4, -0.2) is 18.4 Å². The lowest BCUT2D eigenvalue weighted by molar-refractivity contribution is -0.118. The van der Waals surface area contributed by atoms with Crippen LogP contribution in [0.5, 0.6) is 5.75 Å². The molecule has 3 aromatic rings. The summed E-state index contributed by atoms with van der Waals surface area (Å²) in [5, 5.41) is 15.4. The van der Waals surface area contributed by atoms with E-state index in [0.29, 0.717) is 27.7 Å². The van der Waals surface area contributed by atoms with E-state index in [1.54, 1.807) is 42.5 Å². The van der Waals surface area contributed by atoms with Crippen LogP contribution in [0.25, 0.3) is 6.08 Å². The van der Waals surface area contributed by atoms with Gasteiger partial charge >= 0.3 is 0 Å². The van der Waals surface area contributed by atoms with Crippen LogP contribution in [0.1, 0.15) is 16.7 Å². The third-order valence-corrected chi connectivity index (χ3v) is 5.14. The van der Waals surface area contributed by atoms with Gasteiger partial charge in [0.15, 0.2) is 6.61 Å². The number of hydrogen-bond acceptors (Lipinski definition) is 4. The fourth-order valence-electron chi connectivity index (χ4n) is 3.00. The van der Waals surface area contributed by atoms with Gasteiger partial charge in [-0.25, -0.2) is 0 Å². The number of para-hydroxylation sites is 1. The van der Waals surface area contributed by atoms with Gasteiger partial charge < -0.3 is 15.4 Å². The molecule has 0 aliphatic rings. The highest BCUT2D eigenvalue weighted by molar-refractivity contribution is 6.30. The summed E-state index contributed by atoms with van der Waals surface area (Å²) in [6, 6.07) is 21.1. The minimum absolute atomic E-state index is 0.134. The number of nitrogens with one attached hydrogen (secondary N) is 2. The zero-order chi connectivity index (χ0) is 23.8. The second kappa shape index (κ2) is 11.0. The van der Waals surface area contributed by atoms with Crippen LogP contribution >= 0.6 is 11.6 Å². The summed E-state index contributed by atoms with van der Waals surface area (Å²) in [6.07, 6.45) is 1.38. The molecular weight excluding hydrogens is 438 g/mol. The van der Waals surface area contributed by atoms with Crippen LogP contribution in [-0.2, 0) is 9.59 Å². The highest BCUT2D eigenvalue weighted by atomic mass is 35.5. The summed E-state index contributed by atoms with van der Waals surface area (Å²) in [5.41, 5.74) is 3.59. The molecule has 33 heavy (non-hydrogen) atoms. The van der Waals surface area contributed by atoms with E-state index >= 15 is 0 Å². The summed E-state index contributed by atoms with van der Waals surface area (Å²) in [5.74, 6) is -0.589. The number of halogens is 1. The number of rotatable bonds is 7. The van der Waals surface area contributed by atoms with Crippen LogP contribution in [0.15, 0.2) is 72.3 Å². The maximum absolute atomic E-state index is 12.5. The Hall–Kier alpha value is -4.08. The average molecular weight is 460 g/mol. The van der Waals surface area contributed by atoms with Gasteiger partial charge in [0.05, 0.1) is 0 Å². The van der Waals surface area contributed by atoms with Crippen LogP contribution in [0.3, 0.4) is 0 Å². The van der Waals surface area contributed by atoms with E-state index in [1.165, 1.54) is 6.08 Å². The summed E-state index contributed by atoms with van der Waals surface area (Å²) < 4.78 is 5.68. The Morgan fingerprint density at radius 1 is 1.03 bits per heavy atom. The highest BCUT2D eigenvalue weighted by Gasteiger charge is 2.13. The van der Waals surface area contributed by atoms with E-state index in [4.69, 9.17) is 16.3 Å². The maximum Gasteiger partial charge on any atom is 0.266 e. The molecule has 0 spiro atoms. The Kier molecular flexibility index (Phi) is 7.85. The number of aryl methyl sites for hydroxylation is 1. The van der Waals surface area contributed by atoms with Crippen LogP contribution in [0, 0.1) is 25.2 Å². The van der Waals surface area contributed by atoms with Crippen molar-refractivity contribution < 1.29 is 14.3 Å². The molecule has 7 heteroatoms. The van der Waals surface area contributed by atoms with Crippen molar-refractivity contribution in [1.29, 1.82) is 5.26 Å². The van der Waals surface area contributed by atoms with Gasteiger partial charge in [-0.3, -0.25) is 9.59 Å². The van der Waals surface area contributed by atoms with Crippen molar-refractivity contribution in [2.24, 2.45) is 0 Å². The van der Waals surface area contributed by atoms with Gasteiger partial charge in [-0.05, 0) is 67.4 Å². The highest BCUT2D eigenvalue weighted by Crippen LogP contribution is 2.26. The number of carbonyl (C=O) groups is 2. The Balaban J connectivity index is 1.75. The third-order valence-electron chi connectivity index (χ3n) is 4.91. The molecule has 0 aromatic heterocycles. The number of ether oxygens (including phenoxy) is 1. The Bertz CT molecular complexity index is 1250. The number of amides is 2. The van der Waals surface area contributed by atoms with Crippen molar-refractivity contribution >= 4 is 40.9 Å². The molecule has 0 unspecified atom stereocenters. The SMILES string of the molecule is Cc1cccc(NC(=O)COc2ccc(Cl)cc2/C=C(\C#N)C(=O)Nc2ccccc2)c1C. The minimum Gasteiger partial charge on any atom is -0.483 e. The minimum atomic E-state index is -0.567. The predicted molar refractivity (Wildman–Crippen MR) is 130 cm³/mol. The van der Waals surface area contributed by atoms with Crippen LogP contribution in [0.4, 0.5) is 11.4 Å².